The highest BCUT2D eigenvalue weighted by Gasteiger charge is 2.64. The number of rotatable bonds is 14. The van der Waals surface area contributed by atoms with Crippen LogP contribution in [0.1, 0.15) is 69.2 Å². The maximum atomic E-state index is 12.7. The highest BCUT2D eigenvalue weighted by Crippen LogP contribution is 2.45. The molecule has 0 aromatic carbocycles. The van der Waals surface area contributed by atoms with Crippen molar-refractivity contribution in [3.05, 3.63) is 0 Å². The van der Waals surface area contributed by atoms with Crippen LogP contribution in [0.3, 0.4) is 0 Å². The van der Waals surface area contributed by atoms with Crippen LogP contribution < -0.4 is 0 Å². The number of hydrogen-bond acceptors (Lipinski definition) is 25. The van der Waals surface area contributed by atoms with E-state index in [4.69, 9.17) is 85.3 Å². The highest BCUT2D eigenvalue weighted by atomic mass is 17.0. The standard InChI is InChI=1S/C38H52O25/c1-14(39)46-11-22-25(49-16(3)41)28(52-19(6)44)32-35(57-22)62-37(9,60-32)48-13-24-27(51-18(5)43)30(31-34(56-24)55-21(8)54-31)59-38(10)61-33-29(53-20(7)45)26(50-17(4)42)23(12-47-15(2)40)58-36(33)63-38/h21-36H,11-13H2,1-10H3/t21?,22-,23+,24+,25-,26+,27+,28+,29-,30-,31-,32+,33-,34+,35+,36-,37?,38?/m0/s1. The molecule has 6 saturated heterocycles. The SMILES string of the molecule is CC(=O)OC[C@@H]1O[C@@H]2OC(C)(OC[C@H]3O[C@H]4OC(C)O[C@H]4[C@@H](OC4(C)O[C@@H]5O[C@H](COC(C)=O)[C@@H](OC(C)=O)[C@H](OC(C)=O)[C@@H]5O4)[C@@H]3OC(C)=O)O[C@@H]2[C@H](OC(C)=O)[C@H]1OC(C)=O. The molecule has 6 fully saturated rings. The lowest BCUT2D eigenvalue weighted by atomic mass is 9.98. The van der Waals surface area contributed by atoms with Crippen LogP contribution in [0.15, 0.2) is 0 Å². The van der Waals surface area contributed by atoms with Crippen molar-refractivity contribution in [3.8, 4) is 0 Å². The lowest BCUT2D eigenvalue weighted by Crippen LogP contribution is -2.62. The summed E-state index contributed by atoms with van der Waals surface area (Å²) < 4.78 is 105. The summed E-state index contributed by atoms with van der Waals surface area (Å²) in [6.07, 6.45) is -20.1. The molecule has 6 heterocycles. The molecule has 354 valence electrons. The third kappa shape index (κ3) is 11.6. The Balaban J connectivity index is 1.24. The normalized spacial score (nSPS) is 41.5. The Labute approximate surface area is 359 Å². The van der Waals surface area contributed by atoms with Crippen LogP contribution in [0.25, 0.3) is 0 Å². The molecule has 0 spiro atoms. The van der Waals surface area contributed by atoms with Gasteiger partial charge in [-0.25, -0.2) is 0 Å². The Morgan fingerprint density at radius 1 is 0.413 bits per heavy atom. The third-order valence-electron chi connectivity index (χ3n) is 10.1. The second-order valence-electron chi connectivity index (χ2n) is 15.4. The maximum absolute atomic E-state index is 12.7. The predicted octanol–water partition coefficient (Wildman–Crippen LogP) is -0.713. The van der Waals surface area contributed by atoms with Crippen molar-refractivity contribution < 1.29 is 119 Å². The molecule has 63 heavy (non-hydrogen) atoms. The van der Waals surface area contributed by atoms with Gasteiger partial charge in [-0.2, -0.15) is 0 Å². The van der Waals surface area contributed by atoms with Gasteiger partial charge in [-0.05, 0) is 6.92 Å². The van der Waals surface area contributed by atoms with Gasteiger partial charge in [0, 0.05) is 62.3 Å². The molecule has 6 rings (SSSR count). The van der Waals surface area contributed by atoms with Crippen molar-refractivity contribution in [3.63, 3.8) is 0 Å². The zero-order valence-corrected chi connectivity index (χ0v) is 36.1. The van der Waals surface area contributed by atoms with Gasteiger partial charge in [-0.15, -0.1) is 0 Å². The van der Waals surface area contributed by atoms with E-state index in [0.717, 1.165) is 48.5 Å². The average molecular weight is 909 g/mol. The summed E-state index contributed by atoms with van der Waals surface area (Å²) in [4.78, 5) is 85.1. The lowest BCUT2D eigenvalue weighted by Gasteiger charge is -2.44. The van der Waals surface area contributed by atoms with Crippen LogP contribution in [-0.2, 0) is 119 Å². The average Bonchev–Trinajstić information content (AvgIpc) is 3.82. The van der Waals surface area contributed by atoms with Crippen LogP contribution in [0.5, 0.6) is 0 Å². The molecule has 3 unspecified atom stereocenters. The molecule has 25 nitrogen and oxygen atoms in total. The minimum Gasteiger partial charge on any atom is -0.463 e. The lowest BCUT2D eigenvalue weighted by molar-refractivity contribution is -0.396. The van der Waals surface area contributed by atoms with E-state index in [9.17, 15) is 33.6 Å². The summed E-state index contributed by atoms with van der Waals surface area (Å²) in [6.45, 7) is 10.9. The zero-order chi connectivity index (χ0) is 46.1. The number of ether oxygens (including phenoxy) is 18. The third-order valence-corrected chi connectivity index (χ3v) is 10.1. The number of carbonyl (C=O) groups excluding carboxylic acids is 7. The molecule has 0 aromatic rings. The molecule has 0 amide bonds. The van der Waals surface area contributed by atoms with Crippen molar-refractivity contribution in [1.82, 2.24) is 0 Å². The molecule has 0 N–H and O–H groups in total. The molecule has 0 aliphatic carbocycles. The van der Waals surface area contributed by atoms with Crippen LogP contribution in [0.2, 0.25) is 0 Å². The summed E-state index contributed by atoms with van der Waals surface area (Å²) in [7, 11) is 0. The van der Waals surface area contributed by atoms with Gasteiger partial charge in [0.2, 0.25) is 0 Å². The molecule has 6 aliphatic heterocycles. The van der Waals surface area contributed by atoms with Gasteiger partial charge in [0.1, 0.15) is 43.7 Å². The summed E-state index contributed by atoms with van der Waals surface area (Å²) in [6, 6.07) is 0. The van der Waals surface area contributed by atoms with Gasteiger partial charge < -0.3 is 75.8 Å². The monoisotopic (exact) mass is 908 g/mol. The van der Waals surface area contributed by atoms with Crippen LogP contribution >= 0.6 is 0 Å². The second kappa shape index (κ2) is 19.5. The van der Waals surface area contributed by atoms with Crippen molar-refractivity contribution in [1.29, 1.82) is 0 Å². The fourth-order valence-corrected chi connectivity index (χ4v) is 7.94. The van der Waals surface area contributed by atoms with Crippen molar-refractivity contribution in [2.24, 2.45) is 0 Å². The first-order chi connectivity index (χ1) is 29.5. The van der Waals surface area contributed by atoms with Crippen LogP contribution in [0, 0.1) is 0 Å². The van der Waals surface area contributed by atoms with Crippen molar-refractivity contribution in [2.75, 3.05) is 19.8 Å². The van der Waals surface area contributed by atoms with E-state index in [1.807, 2.05) is 0 Å². The largest absolute Gasteiger partial charge is 0.463 e. The van der Waals surface area contributed by atoms with E-state index in [0.29, 0.717) is 0 Å². The smallest absolute Gasteiger partial charge is 0.303 e. The molecule has 18 atom stereocenters. The minimum atomic E-state index is -2.11. The Hall–Kier alpha value is -4.15. The molecule has 0 saturated carbocycles. The fraction of sp³-hybridized carbons (Fsp3) is 0.816. The van der Waals surface area contributed by atoms with E-state index in [1.54, 1.807) is 6.92 Å². The van der Waals surface area contributed by atoms with Gasteiger partial charge in [-0.3, -0.25) is 43.0 Å². The Bertz CT molecular complexity index is 1740. The highest BCUT2D eigenvalue weighted by molar-refractivity contribution is 5.69. The second-order valence-corrected chi connectivity index (χ2v) is 15.4. The van der Waals surface area contributed by atoms with Gasteiger partial charge >= 0.3 is 41.8 Å². The summed E-state index contributed by atoms with van der Waals surface area (Å²) in [5.41, 5.74) is 0. The first-order valence-electron chi connectivity index (χ1n) is 20.0. The number of esters is 7. The first-order valence-corrected chi connectivity index (χ1v) is 20.0. The zero-order valence-electron chi connectivity index (χ0n) is 36.1. The molecule has 0 bridgehead atoms. The van der Waals surface area contributed by atoms with Crippen molar-refractivity contribution >= 4 is 41.8 Å². The van der Waals surface area contributed by atoms with Gasteiger partial charge in [0.05, 0.1) is 6.61 Å². The van der Waals surface area contributed by atoms with Gasteiger partial charge in [0.25, 0.3) is 11.9 Å². The topological polar surface area (TPSA) is 286 Å². The molecule has 6 aliphatic rings. The van der Waals surface area contributed by atoms with E-state index >= 15 is 0 Å². The Morgan fingerprint density at radius 3 is 1.24 bits per heavy atom. The number of hydrogen-bond donors (Lipinski definition) is 0. The maximum Gasteiger partial charge on any atom is 0.303 e. The Morgan fingerprint density at radius 2 is 0.794 bits per heavy atom. The molecular weight excluding hydrogens is 856 g/mol. The molecule has 25 heteroatoms. The fourth-order valence-electron chi connectivity index (χ4n) is 7.94. The first kappa shape index (κ1) is 48.3. The minimum absolute atomic E-state index is 0.411. The summed E-state index contributed by atoms with van der Waals surface area (Å²) in [5.74, 6) is -9.30. The molecular formula is C38H52O25. The Kier molecular flexibility index (Phi) is 15.0. The number of carbonyl (C=O) groups is 7. The summed E-state index contributed by atoms with van der Waals surface area (Å²) in [5, 5.41) is 0. The van der Waals surface area contributed by atoms with Gasteiger partial charge in [0.15, 0.2) is 67.9 Å². The van der Waals surface area contributed by atoms with E-state index in [2.05, 4.69) is 0 Å². The van der Waals surface area contributed by atoms with Crippen molar-refractivity contribution in [2.45, 2.75) is 180 Å². The summed E-state index contributed by atoms with van der Waals surface area (Å²) >= 11 is 0. The number of fused-ring (bicyclic) bond motifs is 3. The van der Waals surface area contributed by atoms with E-state index in [1.165, 1.54) is 13.8 Å². The van der Waals surface area contributed by atoms with E-state index < -0.39 is 172 Å². The van der Waals surface area contributed by atoms with Crippen LogP contribution in [0.4, 0.5) is 0 Å². The molecule has 0 radical (unpaired) electrons. The predicted molar refractivity (Wildman–Crippen MR) is 192 cm³/mol. The van der Waals surface area contributed by atoms with Gasteiger partial charge in [-0.1, -0.05) is 0 Å². The van der Waals surface area contributed by atoms with E-state index in [-0.39, 0.29) is 0 Å². The molecule has 0 aromatic heterocycles. The quantitative estimate of drug-likeness (QED) is 0.154. The van der Waals surface area contributed by atoms with Crippen LogP contribution in [-0.4, -0.2) is 172 Å².